The van der Waals surface area contributed by atoms with Crippen LogP contribution in [0, 0.1) is 11.3 Å². The van der Waals surface area contributed by atoms with Gasteiger partial charge in [-0.05, 0) is 24.2 Å². The van der Waals surface area contributed by atoms with Crippen molar-refractivity contribution in [3.63, 3.8) is 0 Å². The average Bonchev–Trinajstić information content (AvgIpc) is 2.86. The fourth-order valence-electron chi connectivity index (χ4n) is 2.61. The molecule has 1 aliphatic rings. The third kappa shape index (κ3) is 3.93. The fourth-order valence-corrected chi connectivity index (χ4v) is 3.26. The van der Waals surface area contributed by atoms with Crippen LogP contribution in [0.4, 0.5) is 0 Å². The van der Waals surface area contributed by atoms with Crippen LogP contribution in [0.3, 0.4) is 0 Å². The van der Waals surface area contributed by atoms with Gasteiger partial charge in [0.05, 0.1) is 0 Å². The molecule has 6 heteroatoms. The number of halogens is 1. The molecule has 0 saturated carbocycles. The molecule has 1 saturated heterocycles. The highest BCUT2D eigenvalue weighted by Crippen LogP contribution is 2.34. The Kier molecular flexibility index (Phi) is 5.98. The van der Waals surface area contributed by atoms with Crippen molar-refractivity contribution in [1.82, 2.24) is 9.88 Å². The van der Waals surface area contributed by atoms with Gasteiger partial charge in [0.1, 0.15) is 10.7 Å². The Hall–Kier alpha value is -0.650. The maximum absolute atomic E-state index is 12.3. The van der Waals surface area contributed by atoms with Gasteiger partial charge in [-0.2, -0.15) is 0 Å². The van der Waals surface area contributed by atoms with Gasteiger partial charge in [-0.15, -0.1) is 23.7 Å². The number of carbonyl (C=O) groups excluding carboxylic acids is 1. The van der Waals surface area contributed by atoms with E-state index >= 15 is 0 Å². The molecule has 0 aliphatic carbocycles. The lowest BCUT2D eigenvalue weighted by Crippen LogP contribution is -2.41. The SMILES string of the molecule is CC(C)(C)C1CCN(C(=O)c2csc(CN)n2)CC1.Cl. The van der Waals surface area contributed by atoms with Gasteiger partial charge in [-0.3, -0.25) is 4.79 Å². The number of thiazole rings is 1. The van der Waals surface area contributed by atoms with Crippen LogP contribution in [0.25, 0.3) is 0 Å². The summed E-state index contributed by atoms with van der Waals surface area (Å²) in [5.41, 5.74) is 6.42. The second-order valence-corrected chi connectivity index (χ2v) is 7.21. The Labute approximate surface area is 131 Å². The van der Waals surface area contributed by atoms with Crippen LogP contribution in [-0.2, 0) is 6.54 Å². The standard InChI is InChI=1S/C14H23N3OS.ClH/c1-14(2,3)10-4-6-17(7-5-10)13(18)11-9-19-12(8-15)16-11;/h9-10H,4-8,15H2,1-3H3;1H. The van der Waals surface area contributed by atoms with Gasteiger partial charge in [0.25, 0.3) is 5.91 Å². The number of nitrogens with two attached hydrogens (primary N) is 1. The number of amides is 1. The van der Waals surface area contributed by atoms with Crippen LogP contribution < -0.4 is 5.73 Å². The molecule has 2 heterocycles. The molecule has 1 amide bonds. The topological polar surface area (TPSA) is 59.2 Å². The van der Waals surface area contributed by atoms with Crippen LogP contribution in [0.5, 0.6) is 0 Å². The molecule has 1 aliphatic heterocycles. The molecule has 114 valence electrons. The molecule has 0 unspecified atom stereocenters. The van der Waals surface area contributed by atoms with Gasteiger partial charge in [0, 0.05) is 25.0 Å². The number of rotatable bonds is 2. The van der Waals surface area contributed by atoms with E-state index in [2.05, 4.69) is 25.8 Å². The molecular weight excluding hydrogens is 294 g/mol. The van der Waals surface area contributed by atoms with Crippen LogP contribution in [-0.4, -0.2) is 28.9 Å². The zero-order valence-corrected chi connectivity index (χ0v) is 14.0. The second-order valence-electron chi connectivity index (χ2n) is 6.26. The van der Waals surface area contributed by atoms with Crippen molar-refractivity contribution in [3.05, 3.63) is 16.1 Å². The minimum Gasteiger partial charge on any atom is -0.337 e. The summed E-state index contributed by atoms with van der Waals surface area (Å²) in [6, 6.07) is 0. The summed E-state index contributed by atoms with van der Waals surface area (Å²) in [5.74, 6) is 0.759. The van der Waals surface area contributed by atoms with E-state index in [9.17, 15) is 4.79 Å². The lowest BCUT2D eigenvalue weighted by atomic mass is 9.75. The molecule has 2 rings (SSSR count). The smallest absolute Gasteiger partial charge is 0.273 e. The summed E-state index contributed by atoms with van der Waals surface area (Å²) >= 11 is 1.46. The lowest BCUT2D eigenvalue weighted by molar-refractivity contribution is 0.0604. The van der Waals surface area contributed by atoms with Crippen LogP contribution in [0.2, 0.25) is 0 Å². The maximum Gasteiger partial charge on any atom is 0.273 e. The predicted molar refractivity (Wildman–Crippen MR) is 85.3 cm³/mol. The molecule has 0 radical (unpaired) electrons. The monoisotopic (exact) mass is 317 g/mol. The molecule has 1 fully saturated rings. The maximum atomic E-state index is 12.3. The Balaban J connectivity index is 0.00000200. The first-order chi connectivity index (χ1) is 8.91. The first-order valence-electron chi connectivity index (χ1n) is 6.85. The van der Waals surface area contributed by atoms with E-state index in [0.717, 1.165) is 30.9 Å². The van der Waals surface area contributed by atoms with Crippen molar-refractivity contribution in [2.75, 3.05) is 13.1 Å². The Morgan fingerprint density at radius 3 is 2.50 bits per heavy atom. The summed E-state index contributed by atoms with van der Waals surface area (Å²) in [4.78, 5) is 18.5. The van der Waals surface area contributed by atoms with E-state index in [1.165, 1.54) is 11.3 Å². The number of piperidine rings is 1. The van der Waals surface area contributed by atoms with E-state index in [1.54, 1.807) is 0 Å². The van der Waals surface area contributed by atoms with Crippen molar-refractivity contribution >= 4 is 29.7 Å². The minimum atomic E-state index is 0. The lowest BCUT2D eigenvalue weighted by Gasteiger charge is -2.38. The fraction of sp³-hybridized carbons (Fsp3) is 0.714. The van der Waals surface area contributed by atoms with Crippen molar-refractivity contribution in [2.45, 2.75) is 40.2 Å². The number of hydrogen-bond acceptors (Lipinski definition) is 4. The number of nitrogens with zero attached hydrogens (tertiary/aromatic N) is 2. The summed E-state index contributed by atoms with van der Waals surface area (Å²) in [6.45, 7) is 8.94. The zero-order chi connectivity index (χ0) is 14.0. The van der Waals surface area contributed by atoms with Gasteiger partial charge in [-0.25, -0.2) is 4.98 Å². The molecule has 0 atom stereocenters. The molecule has 20 heavy (non-hydrogen) atoms. The Morgan fingerprint density at radius 2 is 2.05 bits per heavy atom. The van der Waals surface area contributed by atoms with E-state index in [4.69, 9.17) is 5.73 Å². The van der Waals surface area contributed by atoms with Gasteiger partial charge in [-0.1, -0.05) is 20.8 Å². The molecular formula is C14H24ClN3OS. The number of likely N-dealkylation sites (tertiary alicyclic amines) is 1. The van der Waals surface area contributed by atoms with Gasteiger partial charge < -0.3 is 10.6 Å². The number of aromatic nitrogens is 1. The van der Waals surface area contributed by atoms with E-state index in [1.807, 2.05) is 10.3 Å². The van der Waals surface area contributed by atoms with E-state index < -0.39 is 0 Å². The summed E-state index contributed by atoms with van der Waals surface area (Å²) in [7, 11) is 0. The minimum absolute atomic E-state index is 0. The van der Waals surface area contributed by atoms with Gasteiger partial charge >= 0.3 is 0 Å². The summed E-state index contributed by atoms with van der Waals surface area (Å²) in [5, 5.41) is 2.65. The first kappa shape index (κ1) is 17.4. The van der Waals surface area contributed by atoms with Gasteiger partial charge in [0.15, 0.2) is 0 Å². The molecule has 0 bridgehead atoms. The Morgan fingerprint density at radius 1 is 1.45 bits per heavy atom. The third-order valence-electron chi connectivity index (χ3n) is 3.95. The first-order valence-corrected chi connectivity index (χ1v) is 7.73. The van der Waals surface area contributed by atoms with Crippen molar-refractivity contribution in [2.24, 2.45) is 17.1 Å². The molecule has 2 N–H and O–H groups in total. The predicted octanol–water partition coefficient (Wildman–Crippen LogP) is 2.92. The average molecular weight is 318 g/mol. The highest BCUT2D eigenvalue weighted by Gasteiger charge is 2.31. The van der Waals surface area contributed by atoms with E-state index in [0.29, 0.717) is 23.6 Å². The molecule has 0 aromatic carbocycles. The second kappa shape index (κ2) is 6.87. The molecule has 4 nitrogen and oxygen atoms in total. The van der Waals surface area contributed by atoms with Crippen LogP contribution >= 0.6 is 23.7 Å². The third-order valence-corrected chi connectivity index (χ3v) is 4.82. The number of carbonyl (C=O) groups is 1. The van der Waals surface area contributed by atoms with E-state index in [-0.39, 0.29) is 18.3 Å². The highest BCUT2D eigenvalue weighted by atomic mass is 35.5. The molecule has 0 spiro atoms. The largest absolute Gasteiger partial charge is 0.337 e. The van der Waals surface area contributed by atoms with Crippen LogP contribution in [0.1, 0.15) is 49.1 Å². The molecule has 1 aromatic rings. The van der Waals surface area contributed by atoms with Crippen molar-refractivity contribution in [3.8, 4) is 0 Å². The zero-order valence-electron chi connectivity index (χ0n) is 12.4. The summed E-state index contributed by atoms with van der Waals surface area (Å²) < 4.78 is 0. The van der Waals surface area contributed by atoms with Crippen LogP contribution in [0.15, 0.2) is 5.38 Å². The highest BCUT2D eigenvalue weighted by molar-refractivity contribution is 7.09. The normalized spacial score (nSPS) is 16.9. The number of hydrogen-bond donors (Lipinski definition) is 1. The van der Waals surface area contributed by atoms with Crippen molar-refractivity contribution in [1.29, 1.82) is 0 Å². The quantitative estimate of drug-likeness (QED) is 0.912. The molecule has 1 aromatic heterocycles. The van der Waals surface area contributed by atoms with Gasteiger partial charge in [0.2, 0.25) is 0 Å². The van der Waals surface area contributed by atoms with Crippen molar-refractivity contribution < 1.29 is 4.79 Å². The Bertz CT molecular complexity index is 448. The summed E-state index contributed by atoms with van der Waals surface area (Å²) in [6.07, 6.45) is 2.17.